The lowest BCUT2D eigenvalue weighted by Crippen LogP contribution is -2.26. The van der Waals surface area contributed by atoms with E-state index in [1.165, 1.54) is 0 Å². The number of ether oxygens (including phenoxy) is 7. The van der Waals surface area contributed by atoms with Gasteiger partial charge in [0.15, 0.2) is 5.78 Å². The van der Waals surface area contributed by atoms with Gasteiger partial charge in [0.05, 0.1) is 116 Å². The average molecular weight is 1530 g/mol. The van der Waals surface area contributed by atoms with E-state index in [1.54, 1.807) is 80.1 Å². The molecule has 0 heterocycles. The summed E-state index contributed by atoms with van der Waals surface area (Å²) in [7, 11) is 11.2. The van der Waals surface area contributed by atoms with Crippen LogP contribution in [-0.2, 0) is 97.4 Å². The van der Waals surface area contributed by atoms with Gasteiger partial charge in [-0.25, -0.2) is 0 Å². The largest absolute Gasteiger partial charge is 0.507 e. The van der Waals surface area contributed by atoms with Crippen LogP contribution in [0.2, 0.25) is 0 Å². The van der Waals surface area contributed by atoms with Gasteiger partial charge < -0.3 is 94.4 Å². The third-order valence-corrected chi connectivity index (χ3v) is 22.8. The molecule has 20 nitrogen and oxygen atoms in total. The number of aromatic hydroxyl groups is 1. The van der Waals surface area contributed by atoms with Crippen molar-refractivity contribution in [3.05, 3.63) is 266 Å². The predicted molar refractivity (Wildman–Crippen MR) is 431 cm³/mol. The van der Waals surface area contributed by atoms with Crippen LogP contribution < -0.4 is 33.2 Å². The highest BCUT2D eigenvalue weighted by Crippen LogP contribution is 2.56. The molecule has 0 radical (unpaired) electrons. The molecule has 0 bridgehead atoms. The number of allylic oxidation sites excluding steroid dienone is 5. The van der Waals surface area contributed by atoms with Crippen LogP contribution in [0.5, 0.6) is 46.0 Å². The Morgan fingerprint density at radius 3 is 1.33 bits per heavy atom. The number of carbonyl (C=O) groups is 1. The number of hydrogen-bond acceptors (Lipinski definition) is 20. The second kappa shape index (κ2) is 36.7. The SMILES string of the molecule is C.C=C1C2=C(c3ccc(CO)c(O)c3CCC2)c2cc(CO)c(CO)c(OC)c21.C=C1C2=C(c3ccc(CO)c(OC)c3CCC2)c2cc(CO)c(CO)c(OC)c21.COc1c(CO)ccc2c1CCC=CC2(O)c1cc(C)c(CO)c(CO)c1.COc1cc(C2CCc3c(ccc(CO)c3OC)C(=O)C2)cc(OC)c1C. The van der Waals surface area contributed by atoms with Crippen LogP contribution in [0.15, 0.2) is 121 Å². The van der Waals surface area contributed by atoms with E-state index in [2.05, 4.69) is 13.2 Å². The smallest absolute Gasteiger partial charge is 0.163 e. The maximum atomic E-state index is 13.0. The zero-order chi connectivity index (χ0) is 79.9. The van der Waals surface area contributed by atoms with Crippen LogP contribution in [0.1, 0.15) is 208 Å². The summed E-state index contributed by atoms with van der Waals surface area (Å²) in [5, 5.41) is 120. The standard InChI is InChI=1S/C24H26O5.C23H24O5.2C22H26O5.CH4/c1-13-16-5-4-6-18-17(8-7-14(10-25)23(18)28-2)22(16)19-9-15(11-26)20(12-27)24(29-3)21(13)19;1-12-15-4-3-5-17-16(7-6-13(9-24)22(17)27)21(15)18-8-14(10-25)19(11-26)23(28-2)20(12)18;1-13-20(25-2)10-16(11-21(13)26-3)14-5-8-18-17(19(24)9-14)7-6-15(12-23)22(18)27-4;1-14-9-17(10-16(12-24)19(14)13-25)22(26)8-4-3-5-18-20(22)7-6-15(11-23)21(18)27-2;/h7-9,25-27H,1,4-6,10-12H2,2-3H3;6-8,24-27H,1,3-5,9-11H2,2H3;6-7,10-11,14,23H,5,8-9,12H2,1-4H3;4,6-10,23-26H,3,5,11-13H2,1-2H3;1H4. The molecule has 14 rings (SSSR count). The summed E-state index contributed by atoms with van der Waals surface area (Å²) in [4.78, 5) is 13.0. The first kappa shape index (κ1) is 84.5. The van der Waals surface area contributed by atoms with Crippen molar-refractivity contribution in [3.8, 4) is 46.0 Å². The molecule has 0 amide bonds. The van der Waals surface area contributed by atoms with Crippen LogP contribution in [0.3, 0.4) is 0 Å². The van der Waals surface area contributed by atoms with Crippen molar-refractivity contribution in [1.29, 1.82) is 0 Å². The zero-order valence-electron chi connectivity index (χ0n) is 64.7. The average Bonchev–Trinajstić information content (AvgIpc) is 1.56. The summed E-state index contributed by atoms with van der Waals surface area (Å²) in [5.41, 5.74) is 25.1. The number of aliphatic hydroxyl groups is 11. The Labute approximate surface area is 655 Å². The molecule has 20 heteroatoms. The molecule has 12 N–H and O–H groups in total. The quantitative estimate of drug-likeness (QED) is 0.0264. The lowest BCUT2D eigenvalue weighted by Gasteiger charge is -2.30. The van der Waals surface area contributed by atoms with E-state index in [9.17, 15) is 66.1 Å². The fourth-order valence-electron chi connectivity index (χ4n) is 17.3. The van der Waals surface area contributed by atoms with E-state index in [0.29, 0.717) is 115 Å². The minimum absolute atomic E-state index is 0. The van der Waals surface area contributed by atoms with Gasteiger partial charge in [0.1, 0.15) is 51.6 Å². The molecule has 0 aromatic heterocycles. The topological polar surface area (TPSA) is 324 Å². The van der Waals surface area contributed by atoms with Gasteiger partial charge in [-0.2, -0.15) is 0 Å². The van der Waals surface area contributed by atoms with Crippen LogP contribution >= 0.6 is 0 Å². The van der Waals surface area contributed by atoms with Gasteiger partial charge in [0.25, 0.3) is 0 Å². The first-order chi connectivity index (χ1) is 53.7. The Kier molecular flexibility index (Phi) is 27.7. The number of aryl methyl sites for hydroxylation is 1. The second-order valence-corrected chi connectivity index (χ2v) is 28.4. The fourth-order valence-corrected chi connectivity index (χ4v) is 17.3. The highest BCUT2D eigenvalue weighted by Gasteiger charge is 2.39. The third kappa shape index (κ3) is 15.3. The van der Waals surface area contributed by atoms with Crippen molar-refractivity contribution in [2.75, 3.05) is 49.8 Å². The van der Waals surface area contributed by atoms with E-state index in [4.69, 9.17) is 33.2 Å². The molecule has 8 aromatic carbocycles. The van der Waals surface area contributed by atoms with E-state index in [0.717, 1.165) is 174 Å². The zero-order valence-corrected chi connectivity index (χ0v) is 64.7. The fraction of sp³-hybridized carbons (Fsp3) is 0.359. The highest BCUT2D eigenvalue weighted by molar-refractivity contribution is 6.08. The Morgan fingerprint density at radius 2 is 0.866 bits per heavy atom. The van der Waals surface area contributed by atoms with Crippen LogP contribution in [-0.4, -0.2) is 117 Å². The first-order valence-electron chi connectivity index (χ1n) is 37.3. The molecule has 594 valence electrons. The van der Waals surface area contributed by atoms with Crippen LogP contribution in [0.25, 0.3) is 22.3 Å². The molecule has 2 atom stereocenters. The molecule has 2 unspecified atom stereocenters. The van der Waals surface area contributed by atoms with Gasteiger partial charge in [0, 0.05) is 84.3 Å². The predicted octanol–water partition coefficient (Wildman–Crippen LogP) is 13.1. The number of fused-ring (bicyclic) bond motifs is 10. The Morgan fingerprint density at radius 1 is 0.438 bits per heavy atom. The van der Waals surface area contributed by atoms with Crippen molar-refractivity contribution < 1.29 is 99.2 Å². The van der Waals surface area contributed by atoms with Crippen molar-refractivity contribution in [2.24, 2.45) is 0 Å². The normalized spacial score (nSPS) is 16.2. The molecule has 112 heavy (non-hydrogen) atoms. The number of methoxy groups -OCH3 is 7. The van der Waals surface area contributed by atoms with Gasteiger partial charge in [-0.1, -0.05) is 81.3 Å². The monoisotopic (exact) mass is 1530 g/mol. The molecule has 0 aliphatic heterocycles. The minimum atomic E-state index is -1.39. The molecule has 0 spiro atoms. The van der Waals surface area contributed by atoms with Crippen molar-refractivity contribution in [3.63, 3.8) is 0 Å². The molecular formula is C92H106O20. The lowest BCUT2D eigenvalue weighted by atomic mass is 9.81. The van der Waals surface area contributed by atoms with E-state index in [-0.39, 0.29) is 90.9 Å². The summed E-state index contributed by atoms with van der Waals surface area (Å²) >= 11 is 0. The van der Waals surface area contributed by atoms with Crippen molar-refractivity contribution in [1.82, 2.24) is 0 Å². The lowest BCUT2D eigenvalue weighted by molar-refractivity contribution is 0.0975. The molecule has 6 aliphatic rings. The van der Waals surface area contributed by atoms with E-state index >= 15 is 0 Å². The highest BCUT2D eigenvalue weighted by atomic mass is 16.5. The third-order valence-electron chi connectivity index (χ3n) is 22.8. The van der Waals surface area contributed by atoms with Gasteiger partial charge >= 0.3 is 0 Å². The molecular weight excluding hydrogens is 1420 g/mol. The number of ketones is 1. The Balaban J connectivity index is 0.000000158. The summed E-state index contributed by atoms with van der Waals surface area (Å²) < 4.78 is 39.1. The maximum Gasteiger partial charge on any atom is 0.163 e. The number of benzene rings is 8. The molecule has 8 aromatic rings. The van der Waals surface area contributed by atoms with E-state index in [1.807, 2.05) is 80.6 Å². The van der Waals surface area contributed by atoms with E-state index < -0.39 is 5.60 Å². The number of Topliss-reactive ketones (excluding diaryl/α,β-unsaturated/α-hetero) is 1. The summed E-state index contributed by atoms with van der Waals surface area (Å²) in [6.45, 7) is 10.7. The summed E-state index contributed by atoms with van der Waals surface area (Å²) in [5.74, 6) is 4.91. The van der Waals surface area contributed by atoms with Gasteiger partial charge in [0.2, 0.25) is 0 Å². The van der Waals surface area contributed by atoms with Crippen LogP contribution in [0, 0.1) is 13.8 Å². The number of carbonyl (C=O) groups excluding carboxylic acids is 1. The molecule has 0 saturated carbocycles. The second-order valence-electron chi connectivity index (χ2n) is 28.4. The number of phenols is 1. The van der Waals surface area contributed by atoms with Gasteiger partial charge in [-0.15, -0.1) is 0 Å². The summed E-state index contributed by atoms with van der Waals surface area (Å²) in [6, 6.07) is 26.2. The van der Waals surface area contributed by atoms with Gasteiger partial charge in [-0.05, 0) is 221 Å². The number of rotatable bonds is 19. The van der Waals surface area contributed by atoms with Crippen LogP contribution in [0.4, 0.5) is 0 Å². The Bertz CT molecular complexity index is 4990. The maximum absolute atomic E-state index is 13.0. The number of hydrogen-bond donors (Lipinski definition) is 12. The molecule has 0 fully saturated rings. The number of aliphatic hydroxyl groups excluding tert-OH is 10. The van der Waals surface area contributed by atoms with Gasteiger partial charge in [-0.3, -0.25) is 4.79 Å². The minimum Gasteiger partial charge on any atom is -0.507 e. The molecule has 6 aliphatic carbocycles. The van der Waals surface area contributed by atoms with Crippen molar-refractivity contribution in [2.45, 2.75) is 169 Å². The molecule has 0 saturated heterocycles. The Hall–Kier alpha value is -9.91. The summed E-state index contributed by atoms with van der Waals surface area (Å²) in [6.07, 6.45) is 12.1. The first-order valence-corrected chi connectivity index (χ1v) is 37.3. The van der Waals surface area contributed by atoms with Crippen molar-refractivity contribution >= 4 is 28.1 Å².